The summed E-state index contributed by atoms with van der Waals surface area (Å²) in [5.41, 5.74) is 14.4. The van der Waals surface area contributed by atoms with Crippen molar-refractivity contribution >= 4 is 97.3 Å². The number of hydrogen-bond acceptors (Lipinski definition) is 4. The lowest BCUT2D eigenvalue weighted by Gasteiger charge is -2.49. The van der Waals surface area contributed by atoms with Gasteiger partial charge in [-0.2, -0.15) is 0 Å². The molecule has 0 saturated heterocycles. The highest BCUT2D eigenvalue weighted by Gasteiger charge is 2.71. The Labute approximate surface area is 358 Å². The van der Waals surface area contributed by atoms with E-state index in [1.54, 1.807) is 0 Å². The van der Waals surface area contributed by atoms with Crippen LogP contribution in [0.25, 0.3) is 43.1 Å². The van der Waals surface area contributed by atoms with E-state index in [1.807, 2.05) is 0 Å². The van der Waals surface area contributed by atoms with E-state index >= 15 is 0 Å². The number of rotatable bonds is 4. The Morgan fingerprint density at radius 3 is 0.607 bits per heavy atom. The quantitative estimate of drug-likeness (QED) is 0.130. The number of nitrogens with zero attached hydrogens (tertiary/aromatic N) is 4. The zero-order valence-electron chi connectivity index (χ0n) is 34.8. The molecule has 292 valence electrons. The van der Waals surface area contributed by atoms with Crippen molar-refractivity contribution in [1.82, 2.24) is 0 Å². The van der Waals surface area contributed by atoms with Crippen LogP contribution >= 0.6 is 0 Å². The molecule has 4 nitrogen and oxygen atoms in total. The number of anilines is 8. The Balaban J connectivity index is 1.38. The zero-order chi connectivity index (χ0) is 41.0. The molecule has 0 bridgehead atoms. The minimum atomic E-state index is -3.76. The lowest BCUT2D eigenvalue weighted by atomic mass is 9.97. The van der Waals surface area contributed by atoms with Gasteiger partial charge in [-0.25, -0.2) is 0 Å². The summed E-state index contributed by atoms with van der Waals surface area (Å²) < 4.78 is 11.2. The fourth-order valence-electron chi connectivity index (χ4n) is 10.3. The van der Waals surface area contributed by atoms with Gasteiger partial charge >= 0.3 is 8.72 Å². The second kappa shape index (κ2) is 13.3. The molecule has 0 amide bonds. The second-order valence-corrected chi connectivity index (χ2v) is 19.8. The Bertz CT molecular complexity index is 2900. The summed E-state index contributed by atoms with van der Waals surface area (Å²) >= 11 is 0. The standard InChI is InChI=1S/C56H44N4Si/c1-37-21-29-41(30-22-37)57-53-49-17-9-5-13-45(49)46-14-6-10-18-50(46)54(53)58(42-31-23-38(2)24-32-42)61(57)59(43-33-25-39(3)26-34-43)55-51-19-11-7-15-47(51)48-16-8-12-20-52(48)56(55)60(61)44-35-27-40(4)28-36-44/h5-36H,1-4H3. The van der Waals surface area contributed by atoms with E-state index in [1.165, 1.54) is 88.1 Å². The first kappa shape index (κ1) is 35.6. The van der Waals surface area contributed by atoms with Gasteiger partial charge in [-0.1, -0.05) is 168 Å². The Morgan fingerprint density at radius 2 is 0.410 bits per heavy atom. The summed E-state index contributed by atoms with van der Waals surface area (Å²) in [6.45, 7) is 8.77. The van der Waals surface area contributed by atoms with Gasteiger partial charge in [-0.15, -0.1) is 0 Å². The van der Waals surface area contributed by atoms with Crippen molar-refractivity contribution in [3.8, 4) is 0 Å². The predicted molar refractivity (Wildman–Crippen MR) is 262 cm³/mol. The van der Waals surface area contributed by atoms with E-state index in [-0.39, 0.29) is 0 Å². The maximum Gasteiger partial charge on any atom is 0.522 e. The van der Waals surface area contributed by atoms with Crippen LogP contribution in [0.2, 0.25) is 0 Å². The molecule has 0 atom stereocenters. The predicted octanol–water partition coefficient (Wildman–Crippen LogP) is 15.2. The summed E-state index contributed by atoms with van der Waals surface area (Å²) in [4.78, 5) is 0. The van der Waals surface area contributed by atoms with Crippen LogP contribution in [0.3, 0.4) is 0 Å². The van der Waals surface area contributed by atoms with Gasteiger partial charge in [0.25, 0.3) is 0 Å². The summed E-state index contributed by atoms with van der Waals surface area (Å²) in [5, 5.41) is 9.93. The topological polar surface area (TPSA) is 13.0 Å². The Morgan fingerprint density at radius 1 is 0.230 bits per heavy atom. The van der Waals surface area contributed by atoms with Gasteiger partial charge in [0, 0.05) is 44.3 Å². The van der Waals surface area contributed by atoms with Crippen molar-refractivity contribution in [3.05, 3.63) is 216 Å². The fourth-order valence-corrected chi connectivity index (χ4v) is 15.6. The van der Waals surface area contributed by atoms with Crippen LogP contribution in [0.5, 0.6) is 0 Å². The third-order valence-electron chi connectivity index (χ3n) is 13.0. The number of hydrogen-bond donors (Lipinski definition) is 0. The summed E-state index contributed by atoms with van der Waals surface area (Å²) in [5.74, 6) is 0. The van der Waals surface area contributed by atoms with E-state index in [9.17, 15) is 0 Å². The highest BCUT2D eigenvalue weighted by molar-refractivity contribution is 7.00. The van der Waals surface area contributed by atoms with Gasteiger partial charge in [-0.3, -0.25) is 0 Å². The van der Waals surface area contributed by atoms with Gasteiger partial charge in [0.15, 0.2) is 0 Å². The first-order chi connectivity index (χ1) is 29.9. The fraction of sp³-hybridized carbons (Fsp3) is 0.0714. The van der Waals surface area contributed by atoms with Crippen molar-refractivity contribution in [2.24, 2.45) is 0 Å². The molecule has 12 rings (SSSR count). The molecule has 2 heterocycles. The van der Waals surface area contributed by atoms with E-state index in [0.717, 1.165) is 22.7 Å². The third-order valence-corrected chi connectivity index (χ3v) is 17.3. The highest BCUT2D eigenvalue weighted by atomic mass is 28.4. The second-order valence-electron chi connectivity index (χ2n) is 16.9. The van der Waals surface area contributed by atoms with Crippen molar-refractivity contribution in [1.29, 1.82) is 0 Å². The van der Waals surface area contributed by atoms with E-state index in [4.69, 9.17) is 0 Å². The van der Waals surface area contributed by atoms with Gasteiger partial charge in [-0.05, 0) is 97.8 Å². The van der Waals surface area contributed by atoms with Crippen molar-refractivity contribution in [2.75, 3.05) is 18.3 Å². The smallest absolute Gasteiger partial charge is 0.313 e. The minimum Gasteiger partial charge on any atom is -0.313 e. The third kappa shape index (κ3) is 4.98. The maximum absolute atomic E-state index is 3.76. The maximum atomic E-state index is 2.81. The zero-order valence-corrected chi connectivity index (χ0v) is 35.8. The molecule has 2 aliphatic rings. The molecule has 5 heteroatoms. The molecular formula is C56H44N4Si. The highest BCUT2D eigenvalue weighted by Crippen LogP contribution is 2.66. The summed E-state index contributed by atoms with van der Waals surface area (Å²) in [6, 6.07) is 73.4. The van der Waals surface area contributed by atoms with Crippen molar-refractivity contribution in [3.63, 3.8) is 0 Å². The van der Waals surface area contributed by atoms with Crippen LogP contribution < -0.4 is 18.3 Å². The van der Waals surface area contributed by atoms with Crippen LogP contribution in [0.1, 0.15) is 22.3 Å². The number of fused-ring (bicyclic) bond motifs is 12. The van der Waals surface area contributed by atoms with E-state index < -0.39 is 8.72 Å². The van der Waals surface area contributed by atoms with Crippen molar-refractivity contribution < 1.29 is 0 Å². The van der Waals surface area contributed by atoms with E-state index in [0.29, 0.717) is 0 Å². The first-order valence-corrected chi connectivity index (χ1v) is 23.1. The van der Waals surface area contributed by atoms with Crippen LogP contribution in [-0.4, -0.2) is 8.72 Å². The molecule has 0 fully saturated rings. The summed E-state index contributed by atoms with van der Waals surface area (Å²) in [6.07, 6.45) is 0. The van der Waals surface area contributed by atoms with Gasteiger partial charge < -0.3 is 18.3 Å². The van der Waals surface area contributed by atoms with E-state index in [2.05, 4.69) is 240 Å². The molecule has 61 heavy (non-hydrogen) atoms. The molecular weight excluding hydrogens is 757 g/mol. The molecule has 1 spiro atoms. The molecule has 0 aromatic heterocycles. The largest absolute Gasteiger partial charge is 0.522 e. The average Bonchev–Trinajstić information content (AvgIpc) is 3.78. The Kier molecular flexibility index (Phi) is 7.78. The molecule has 10 aromatic rings. The number of benzene rings is 10. The van der Waals surface area contributed by atoms with Crippen LogP contribution in [0, 0.1) is 27.7 Å². The first-order valence-electron chi connectivity index (χ1n) is 21.3. The Hall–Kier alpha value is -7.34. The minimum absolute atomic E-state index is 1.16. The normalized spacial score (nSPS) is 14.2. The molecule has 0 radical (unpaired) electrons. The van der Waals surface area contributed by atoms with Gasteiger partial charge in [0.1, 0.15) is 0 Å². The van der Waals surface area contributed by atoms with Crippen LogP contribution in [0.15, 0.2) is 194 Å². The van der Waals surface area contributed by atoms with Crippen LogP contribution in [0.4, 0.5) is 45.5 Å². The van der Waals surface area contributed by atoms with Crippen LogP contribution in [-0.2, 0) is 0 Å². The van der Waals surface area contributed by atoms with Gasteiger partial charge in [0.05, 0.1) is 22.7 Å². The molecule has 0 N–H and O–H groups in total. The monoisotopic (exact) mass is 800 g/mol. The lowest BCUT2D eigenvalue weighted by Crippen LogP contribution is -2.76. The average molecular weight is 801 g/mol. The lowest BCUT2D eigenvalue weighted by molar-refractivity contribution is 1.18. The summed E-state index contributed by atoms with van der Waals surface area (Å²) in [7, 11) is -3.76. The molecule has 10 aromatic carbocycles. The molecule has 2 aliphatic heterocycles. The SMILES string of the molecule is Cc1ccc(N2c3c(c4ccccc4c4ccccc34)N(c3ccc(C)cc3)[Si]23N(c2ccc(C)cc2)c2c(c4ccccc4c4ccccc24)N3c2ccc(C)cc2)cc1. The number of aryl methyl sites for hydroxylation is 4. The molecule has 0 unspecified atom stereocenters. The molecule has 0 aliphatic carbocycles. The molecule has 0 saturated carbocycles. The van der Waals surface area contributed by atoms with Crippen molar-refractivity contribution in [2.45, 2.75) is 27.7 Å². The van der Waals surface area contributed by atoms with Gasteiger partial charge in [0.2, 0.25) is 0 Å².